The Morgan fingerprint density at radius 1 is 1.58 bits per heavy atom. The summed E-state index contributed by atoms with van der Waals surface area (Å²) in [6, 6.07) is 0. The molecule has 108 valence electrons. The molecule has 0 aliphatic carbocycles. The normalized spacial score (nSPS) is 22.7. The number of halogens is 1. The first-order valence-corrected chi connectivity index (χ1v) is 7.52. The molecule has 2 unspecified atom stereocenters. The lowest BCUT2D eigenvalue weighted by Crippen LogP contribution is -2.46. The molecule has 0 saturated carbocycles. The lowest BCUT2D eigenvalue weighted by molar-refractivity contribution is -0.0828. The molecule has 0 aromatic carbocycles. The maximum Gasteiger partial charge on any atom is 0.0964 e. The van der Waals surface area contributed by atoms with Crippen molar-refractivity contribution in [2.24, 2.45) is 0 Å². The molecule has 1 saturated heterocycles. The van der Waals surface area contributed by atoms with E-state index in [-0.39, 0.29) is 6.10 Å². The number of aryl methyl sites for hydroxylation is 2. The first-order chi connectivity index (χ1) is 9.02. The van der Waals surface area contributed by atoms with Crippen LogP contribution < -0.4 is 0 Å². The second-order valence-electron chi connectivity index (χ2n) is 5.10. The van der Waals surface area contributed by atoms with Crippen molar-refractivity contribution in [2.45, 2.75) is 39.0 Å². The molecule has 1 aliphatic rings. The van der Waals surface area contributed by atoms with Crippen LogP contribution in [0.1, 0.15) is 18.3 Å². The summed E-state index contributed by atoms with van der Waals surface area (Å²) in [5.74, 6) is 0. The van der Waals surface area contributed by atoms with Crippen LogP contribution in [0.4, 0.5) is 0 Å². The number of aromatic nitrogens is 2. The van der Waals surface area contributed by atoms with Gasteiger partial charge in [0, 0.05) is 26.1 Å². The molecule has 6 heteroatoms. The highest BCUT2D eigenvalue weighted by Crippen LogP contribution is 2.23. The molecule has 1 aromatic heterocycles. The highest BCUT2D eigenvalue weighted by molar-refractivity contribution is 9.10. The minimum absolute atomic E-state index is 0.119. The van der Waals surface area contributed by atoms with E-state index in [1.807, 2.05) is 11.6 Å². The summed E-state index contributed by atoms with van der Waals surface area (Å²) in [6.45, 7) is 7.22. The Morgan fingerprint density at radius 3 is 2.95 bits per heavy atom. The average Bonchev–Trinajstić information content (AvgIpc) is 2.66. The fraction of sp³-hybridized carbons (Fsp3) is 0.769. The van der Waals surface area contributed by atoms with E-state index in [1.165, 1.54) is 0 Å². The standard InChI is InChI=1S/C13H22BrN3O2/c1-4-17-10(13(14)9(2)15-17)7-11(18)12-8-16(3)5-6-19-12/h11-12,18H,4-8H2,1-3H3. The van der Waals surface area contributed by atoms with Crippen LogP contribution in [0.5, 0.6) is 0 Å². The zero-order valence-electron chi connectivity index (χ0n) is 11.8. The lowest BCUT2D eigenvalue weighted by Gasteiger charge is -2.33. The van der Waals surface area contributed by atoms with E-state index in [2.05, 4.69) is 39.9 Å². The van der Waals surface area contributed by atoms with Gasteiger partial charge in [-0.3, -0.25) is 4.68 Å². The number of hydrogen-bond donors (Lipinski definition) is 1. The Hall–Kier alpha value is -0.430. The van der Waals surface area contributed by atoms with E-state index >= 15 is 0 Å². The van der Waals surface area contributed by atoms with E-state index in [0.717, 1.165) is 35.5 Å². The van der Waals surface area contributed by atoms with Gasteiger partial charge >= 0.3 is 0 Å². The molecule has 0 bridgehead atoms. The van der Waals surface area contributed by atoms with Crippen LogP contribution in [-0.4, -0.2) is 58.7 Å². The smallest absolute Gasteiger partial charge is 0.0964 e. The third-order valence-electron chi connectivity index (χ3n) is 3.58. The molecule has 5 nitrogen and oxygen atoms in total. The number of hydrogen-bond acceptors (Lipinski definition) is 4. The molecule has 0 radical (unpaired) electrons. The topological polar surface area (TPSA) is 50.5 Å². The van der Waals surface area contributed by atoms with Gasteiger partial charge in [0.25, 0.3) is 0 Å². The zero-order valence-corrected chi connectivity index (χ0v) is 13.4. The van der Waals surface area contributed by atoms with Crippen molar-refractivity contribution >= 4 is 15.9 Å². The lowest BCUT2D eigenvalue weighted by atomic mass is 10.1. The van der Waals surface area contributed by atoms with Crippen LogP contribution in [0.25, 0.3) is 0 Å². The number of likely N-dealkylation sites (N-methyl/N-ethyl adjacent to an activating group) is 1. The minimum Gasteiger partial charge on any atom is -0.390 e. The molecule has 2 rings (SSSR count). The average molecular weight is 332 g/mol. The predicted octanol–water partition coefficient (Wildman–Crippen LogP) is 1.21. The Kier molecular flexibility index (Phi) is 5.00. The minimum atomic E-state index is -0.500. The fourth-order valence-corrected chi connectivity index (χ4v) is 2.88. The van der Waals surface area contributed by atoms with Crippen molar-refractivity contribution in [3.63, 3.8) is 0 Å². The summed E-state index contributed by atoms with van der Waals surface area (Å²) in [6.07, 6.45) is -0.0556. The van der Waals surface area contributed by atoms with E-state index in [1.54, 1.807) is 0 Å². The Labute approximate surface area is 122 Å². The third-order valence-corrected chi connectivity index (χ3v) is 4.61. The number of nitrogens with zero attached hydrogens (tertiary/aromatic N) is 3. The largest absolute Gasteiger partial charge is 0.390 e. The van der Waals surface area contributed by atoms with Gasteiger partial charge in [-0.25, -0.2) is 0 Å². The van der Waals surface area contributed by atoms with Gasteiger partial charge in [0.05, 0.1) is 34.7 Å². The van der Waals surface area contributed by atoms with Crippen molar-refractivity contribution in [1.82, 2.24) is 14.7 Å². The fourth-order valence-electron chi connectivity index (χ4n) is 2.44. The summed E-state index contributed by atoms with van der Waals surface area (Å²) in [7, 11) is 2.05. The van der Waals surface area contributed by atoms with Crippen LogP contribution in [0, 0.1) is 6.92 Å². The van der Waals surface area contributed by atoms with Gasteiger partial charge in [-0.15, -0.1) is 0 Å². The summed E-state index contributed by atoms with van der Waals surface area (Å²) in [4.78, 5) is 2.19. The van der Waals surface area contributed by atoms with Crippen LogP contribution >= 0.6 is 15.9 Å². The molecule has 2 heterocycles. The number of ether oxygens (including phenoxy) is 1. The Morgan fingerprint density at radius 2 is 2.32 bits per heavy atom. The van der Waals surface area contributed by atoms with E-state index < -0.39 is 6.10 Å². The predicted molar refractivity (Wildman–Crippen MR) is 77.3 cm³/mol. The second kappa shape index (κ2) is 6.35. The number of rotatable bonds is 4. The van der Waals surface area contributed by atoms with Gasteiger partial charge in [0.1, 0.15) is 0 Å². The molecular weight excluding hydrogens is 310 g/mol. The second-order valence-corrected chi connectivity index (χ2v) is 5.90. The summed E-state index contributed by atoms with van der Waals surface area (Å²) < 4.78 is 8.60. The van der Waals surface area contributed by atoms with Crippen LogP contribution in [0.2, 0.25) is 0 Å². The first kappa shape index (κ1) is 15.0. The van der Waals surface area contributed by atoms with Crippen molar-refractivity contribution in [3.05, 3.63) is 15.9 Å². The summed E-state index contributed by atoms with van der Waals surface area (Å²) >= 11 is 3.56. The molecule has 1 N–H and O–H groups in total. The molecule has 2 atom stereocenters. The van der Waals surface area contributed by atoms with Crippen LogP contribution in [-0.2, 0) is 17.7 Å². The van der Waals surface area contributed by atoms with Gasteiger partial charge in [-0.05, 0) is 36.8 Å². The third kappa shape index (κ3) is 3.37. The van der Waals surface area contributed by atoms with Crippen molar-refractivity contribution in [3.8, 4) is 0 Å². The first-order valence-electron chi connectivity index (χ1n) is 6.73. The molecule has 1 aromatic rings. The molecule has 0 amide bonds. The highest BCUT2D eigenvalue weighted by Gasteiger charge is 2.27. The van der Waals surface area contributed by atoms with E-state index in [4.69, 9.17) is 4.74 Å². The van der Waals surface area contributed by atoms with Crippen molar-refractivity contribution in [2.75, 3.05) is 26.7 Å². The molecule has 19 heavy (non-hydrogen) atoms. The maximum absolute atomic E-state index is 10.4. The van der Waals surface area contributed by atoms with Gasteiger partial charge in [0.2, 0.25) is 0 Å². The van der Waals surface area contributed by atoms with Gasteiger partial charge in [0.15, 0.2) is 0 Å². The van der Waals surface area contributed by atoms with E-state index in [0.29, 0.717) is 13.0 Å². The Bertz CT molecular complexity index is 436. The quantitative estimate of drug-likeness (QED) is 0.900. The van der Waals surface area contributed by atoms with Crippen molar-refractivity contribution in [1.29, 1.82) is 0 Å². The summed E-state index contributed by atoms with van der Waals surface area (Å²) in [5, 5.41) is 14.8. The Balaban J connectivity index is 2.07. The maximum atomic E-state index is 10.4. The van der Waals surface area contributed by atoms with Crippen molar-refractivity contribution < 1.29 is 9.84 Å². The number of aliphatic hydroxyl groups is 1. The number of aliphatic hydroxyl groups excluding tert-OH is 1. The molecular formula is C13H22BrN3O2. The van der Waals surface area contributed by atoms with Crippen LogP contribution in [0.15, 0.2) is 4.47 Å². The van der Waals surface area contributed by atoms with E-state index in [9.17, 15) is 5.11 Å². The van der Waals surface area contributed by atoms with Gasteiger partial charge in [-0.2, -0.15) is 5.10 Å². The highest BCUT2D eigenvalue weighted by atomic mass is 79.9. The van der Waals surface area contributed by atoms with Crippen LogP contribution in [0.3, 0.4) is 0 Å². The summed E-state index contributed by atoms with van der Waals surface area (Å²) in [5.41, 5.74) is 2.01. The number of morpholine rings is 1. The molecule has 1 fully saturated rings. The monoisotopic (exact) mass is 331 g/mol. The molecule has 1 aliphatic heterocycles. The molecule has 0 spiro atoms. The van der Waals surface area contributed by atoms with Gasteiger partial charge in [-0.1, -0.05) is 0 Å². The SMILES string of the molecule is CCn1nc(C)c(Br)c1CC(O)C1CN(C)CCO1. The van der Waals surface area contributed by atoms with Gasteiger partial charge < -0.3 is 14.7 Å². The zero-order chi connectivity index (χ0) is 14.0.